The van der Waals surface area contributed by atoms with E-state index in [4.69, 9.17) is 0 Å². The molecule has 0 aromatic heterocycles. The summed E-state index contributed by atoms with van der Waals surface area (Å²) < 4.78 is 42.1. The molecule has 1 saturated carbocycles. The van der Waals surface area contributed by atoms with E-state index in [1.165, 1.54) is 6.92 Å². The lowest BCUT2D eigenvalue weighted by Crippen LogP contribution is -2.36. The number of hydrogen-bond donors (Lipinski definition) is 0. The van der Waals surface area contributed by atoms with Gasteiger partial charge in [-0.25, -0.2) is 0 Å². The Balaban J connectivity index is 2.87. The Labute approximate surface area is 79.7 Å². The van der Waals surface area contributed by atoms with Crippen molar-refractivity contribution in [2.75, 3.05) is 6.61 Å². The Kier molecular flexibility index (Phi) is 2.61. The molecule has 0 saturated heterocycles. The molecule has 80 valence electrons. The molecule has 1 aliphatic carbocycles. The first-order chi connectivity index (χ1) is 6.40. The summed E-state index contributed by atoms with van der Waals surface area (Å²) in [6, 6.07) is 0. The maximum absolute atomic E-state index is 12.6. The first-order valence-corrected chi connectivity index (χ1v) is 4.26. The Hall–Kier alpha value is -1.00. The predicted molar refractivity (Wildman–Crippen MR) is 43.4 cm³/mol. The van der Waals surface area contributed by atoms with Gasteiger partial charge in [0.05, 0.1) is 6.61 Å². The van der Waals surface area contributed by atoms with Gasteiger partial charge >= 0.3 is 12.1 Å². The summed E-state index contributed by atoms with van der Waals surface area (Å²) in [6.45, 7) is 4.70. The first kappa shape index (κ1) is 11.1. The minimum atomic E-state index is -4.54. The van der Waals surface area contributed by atoms with E-state index in [0.29, 0.717) is 0 Å². The fourth-order valence-corrected chi connectivity index (χ4v) is 1.51. The van der Waals surface area contributed by atoms with E-state index >= 15 is 0 Å². The summed E-state index contributed by atoms with van der Waals surface area (Å²) in [4.78, 5) is 11.2. The van der Waals surface area contributed by atoms with Gasteiger partial charge in [-0.1, -0.05) is 6.08 Å². The summed E-state index contributed by atoms with van der Waals surface area (Å²) in [5, 5.41) is 0. The second kappa shape index (κ2) is 3.29. The van der Waals surface area contributed by atoms with Crippen molar-refractivity contribution in [3.05, 3.63) is 12.7 Å². The molecule has 0 bridgehead atoms. The van der Waals surface area contributed by atoms with Crippen LogP contribution >= 0.6 is 0 Å². The molecule has 14 heavy (non-hydrogen) atoms. The van der Waals surface area contributed by atoms with Crippen LogP contribution in [0.2, 0.25) is 0 Å². The molecule has 1 unspecified atom stereocenters. The molecule has 0 aromatic rings. The zero-order chi connectivity index (χ0) is 11.0. The van der Waals surface area contributed by atoms with Crippen LogP contribution in [0, 0.1) is 11.3 Å². The van der Waals surface area contributed by atoms with Crippen molar-refractivity contribution in [1.29, 1.82) is 0 Å². The van der Waals surface area contributed by atoms with Crippen molar-refractivity contribution in [1.82, 2.24) is 0 Å². The highest BCUT2D eigenvalue weighted by Gasteiger charge is 2.75. The lowest BCUT2D eigenvalue weighted by Gasteiger charge is -2.18. The van der Waals surface area contributed by atoms with Crippen LogP contribution in [0.25, 0.3) is 0 Å². The summed E-state index contributed by atoms with van der Waals surface area (Å²) >= 11 is 0. The molecule has 1 aliphatic rings. The second-order valence-electron chi connectivity index (χ2n) is 3.24. The minimum absolute atomic E-state index is 0.0411. The summed E-state index contributed by atoms with van der Waals surface area (Å²) in [7, 11) is 0. The number of alkyl halides is 3. The molecule has 0 spiro atoms. The molecular formula is C9H11F3O2. The zero-order valence-corrected chi connectivity index (χ0v) is 7.73. The van der Waals surface area contributed by atoms with Gasteiger partial charge < -0.3 is 4.74 Å². The van der Waals surface area contributed by atoms with Crippen molar-refractivity contribution < 1.29 is 22.7 Å². The number of hydrogen-bond acceptors (Lipinski definition) is 2. The normalized spacial score (nSPS) is 31.0. The lowest BCUT2D eigenvalue weighted by atomic mass is 10.0. The van der Waals surface area contributed by atoms with Gasteiger partial charge in [-0.05, 0) is 13.3 Å². The molecule has 0 aromatic carbocycles. The quantitative estimate of drug-likeness (QED) is 0.525. The van der Waals surface area contributed by atoms with Crippen LogP contribution in [-0.2, 0) is 9.53 Å². The standard InChI is InChI=1S/C9H11F3O2/c1-3-6-5-8(6,9(10,11)12)7(13)14-4-2/h3,6H,1,4-5H2,2H3/t6?,8-/m0/s1. The van der Waals surface area contributed by atoms with Gasteiger partial charge in [0.1, 0.15) is 0 Å². The summed E-state index contributed by atoms with van der Waals surface area (Å²) in [5.74, 6) is -2.01. The zero-order valence-electron chi connectivity index (χ0n) is 7.73. The molecule has 0 aliphatic heterocycles. The van der Waals surface area contributed by atoms with Crippen LogP contribution in [0.1, 0.15) is 13.3 Å². The molecule has 1 fully saturated rings. The summed E-state index contributed by atoms with van der Waals surface area (Å²) in [5.41, 5.74) is -2.31. The average molecular weight is 208 g/mol. The molecule has 0 amide bonds. The molecule has 2 atom stereocenters. The Morgan fingerprint density at radius 3 is 2.57 bits per heavy atom. The van der Waals surface area contributed by atoms with E-state index in [1.54, 1.807) is 0 Å². The Morgan fingerprint density at radius 1 is 1.71 bits per heavy atom. The highest BCUT2D eigenvalue weighted by Crippen LogP contribution is 2.63. The van der Waals surface area contributed by atoms with Gasteiger partial charge in [-0.15, -0.1) is 6.58 Å². The lowest BCUT2D eigenvalue weighted by molar-refractivity contribution is -0.208. The van der Waals surface area contributed by atoms with E-state index in [1.807, 2.05) is 0 Å². The number of carbonyl (C=O) groups excluding carboxylic acids is 1. The fraction of sp³-hybridized carbons (Fsp3) is 0.667. The van der Waals surface area contributed by atoms with Gasteiger partial charge in [0.2, 0.25) is 0 Å². The monoisotopic (exact) mass is 208 g/mol. The van der Waals surface area contributed by atoms with Crippen molar-refractivity contribution in [2.24, 2.45) is 11.3 Å². The maximum atomic E-state index is 12.6. The van der Waals surface area contributed by atoms with Crippen LogP contribution in [0.5, 0.6) is 0 Å². The SMILES string of the molecule is C=CC1C[C@]1(C(=O)OCC)C(F)(F)F. The average Bonchev–Trinajstić information content (AvgIpc) is 2.78. The number of esters is 1. The molecular weight excluding hydrogens is 197 g/mol. The molecule has 2 nitrogen and oxygen atoms in total. The minimum Gasteiger partial charge on any atom is -0.465 e. The van der Waals surface area contributed by atoms with Gasteiger partial charge in [0, 0.05) is 5.92 Å². The van der Waals surface area contributed by atoms with E-state index in [9.17, 15) is 18.0 Å². The number of carbonyl (C=O) groups is 1. The van der Waals surface area contributed by atoms with E-state index < -0.39 is 23.5 Å². The number of halogens is 3. The van der Waals surface area contributed by atoms with E-state index in [0.717, 1.165) is 6.08 Å². The maximum Gasteiger partial charge on any atom is 0.405 e. The van der Waals surface area contributed by atoms with Gasteiger partial charge in [0.25, 0.3) is 0 Å². The van der Waals surface area contributed by atoms with E-state index in [-0.39, 0.29) is 13.0 Å². The van der Waals surface area contributed by atoms with Crippen LogP contribution in [0.15, 0.2) is 12.7 Å². The first-order valence-electron chi connectivity index (χ1n) is 4.26. The van der Waals surface area contributed by atoms with Gasteiger partial charge in [-0.2, -0.15) is 13.2 Å². The topological polar surface area (TPSA) is 26.3 Å². The van der Waals surface area contributed by atoms with Crippen LogP contribution in [0.4, 0.5) is 13.2 Å². The number of allylic oxidation sites excluding steroid dienone is 1. The van der Waals surface area contributed by atoms with Crippen molar-refractivity contribution in [2.45, 2.75) is 19.5 Å². The van der Waals surface area contributed by atoms with Gasteiger partial charge in [0.15, 0.2) is 5.41 Å². The third kappa shape index (κ3) is 1.40. The number of ether oxygens (including phenoxy) is 1. The molecule has 0 N–H and O–H groups in total. The van der Waals surface area contributed by atoms with Gasteiger partial charge in [-0.3, -0.25) is 4.79 Å². The molecule has 0 radical (unpaired) electrons. The van der Waals surface area contributed by atoms with Crippen LogP contribution in [-0.4, -0.2) is 18.8 Å². The molecule has 0 heterocycles. The van der Waals surface area contributed by atoms with Crippen molar-refractivity contribution in [3.63, 3.8) is 0 Å². The molecule has 1 rings (SSSR count). The second-order valence-corrected chi connectivity index (χ2v) is 3.24. The van der Waals surface area contributed by atoms with Crippen molar-refractivity contribution >= 4 is 5.97 Å². The van der Waals surface area contributed by atoms with Crippen molar-refractivity contribution in [3.8, 4) is 0 Å². The fourth-order valence-electron chi connectivity index (χ4n) is 1.51. The Morgan fingerprint density at radius 2 is 2.29 bits per heavy atom. The smallest absolute Gasteiger partial charge is 0.405 e. The Bertz CT molecular complexity index is 259. The van der Waals surface area contributed by atoms with Crippen LogP contribution < -0.4 is 0 Å². The largest absolute Gasteiger partial charge is 0.465 e. The highest BCUT2D eigenvalue weighted by molar-refractivity contribution is 5.82. The predicted octanol–water partition coefficient (Wildman–Crippen LogP) is 2.30. The summed E-state index contributed by atoms with van der Waals surface area (Å²) in [6.07, 6.45) is -3.62. The van der Waals surface area contributed by atoms with E-state index in [2.05, 4.69) is 11.3 Å². The van der Waals surface area contributed by atoms with Crippen LogP contribution in [0.3, 0.4) is 0 Å². The highest BCUT2D eigenvalue weighted by atomic mass is 19.4. The number of rotatable bonds is 3. The third-order valence-electron chi connectivity index (χ3n) is 2.44. The molecule has 5 heteroatoms. The third-order valence-corrected chi connectivity index (χ3v) is 2.44.